The number of para-hydroxylation sites is 1. The van der Waals surface area contributed by atoms with Crippen molar-refractivity contribution in [2.75, 3.05) is 6.54 Å². The van der Waals surface area contributed by atoms with Gasteiger partial charge in [0.2, 0.25) is 5.91 Å². The van der Waals surface area contributed by atoms with E-state index in [-0.39, 0.29) is 17.4 Å². The Balaban J connectivity index is 2.34. The van der Waals surface area contributed by atoms with Gasteiger partial charge in [0.25, 0.3) is 5.56 Å². The summed E-state index contributed by atoms with van der Waals surface area (Å²) < 4.78 is 0. The molecule has 0 spiro atoms. The molecule has 0 aliphatic carbocycles. The lowest BCUT2D eigenvalue weighted by Crippen LogP contribution is -2.34. The van der Waals surface area contributed by atoms with Crippen molar-refractivity contribution in [3.8, 4) is 0 Å². The van der Waals surface area contributed by atoms with Gasteiger partial charge in [-0.05, 0) is 19.1 Å². The molecular formula is C15H19N3O2. The van der Waals surface area contributed by atoms with Crippen molar-refractivity contribution in [3.05, 3.63) is 40.4 Å². The standard InChI is InChI=1S/C15H19N3O2/c1-4-18(15(20)10(2)3)9-13-16-12-8-6-5-7-11(12)14(19)17-13/h5-8,10H,4,9H2,1-3H3,(H,16,17,19). The second-order valence-corrected chi connectivity index (χ2v) is 5.04. The Morgan fingerprint density at radius 2 is 2.05 bits per heavy atom. The van der Waals surface area contributed by atoms with Gasteiger partial charge >= 0.3 is 0 Å². The van der Waals surface area contributed by atoms with Crippen molar-refractivity contribution in [1.29, 1.82) is 0 Å². The molecule has 0 atom stereocenters. The third-order valence-corrected chi connectivity index (χ3v) is 3.19. The summed E-state index contributed by atoms with van der Waals surface area (Å²) >= 11 is 0. The van der Waals surface area contributed by atoms with Gasteiger partial charge in [0.15, 0.2) is 0 Å². The number of nitrogens with one attached hydrogen (secondary N) is 1. The van der Waals surface area contributed by atoms with Crippen molar-refractivity contribution >= 4 is 16.8 Å². The van der Waals surface area contributed by atoms with Crippen LogP contribution in [0.5, 0.6) is 0 Å². The van der Waals surface area contributed by atoms with Crippen LogP contribution < -0.4 is 5.56 Å². The average Bonchev–Trinajstić information content (AvgIpc) is 2.44. The molecule has 0 saturated carbocycles. The first-order valence-electron chi connectivity index (χ1n) is 6.79. The van der Waals surface area contributed by atoms with E-state index in [1.165, 1.54) is 0 Å². The molecule has 0 aliphatic heterocycles. The van der Waals surface area contributed by atoms with E-state index in [0.29, 0.717) is 29.8 Å². The summed E-state index contributed by atoms with van der Waals surface area (Å²) in [6.45, 7) is 6.56. The van der Waals surface area contributed by atoms with Crippen LogP contribution in [0.3, 0.4) is 0 Å². The quantitative estimate of drug-likeness (QED) is 0.925. The predicted molar refractivity (Wildman–Crippen MR) is 78.3 cm³/mol. The zero-order chi connectivity index (χ0) is 14.7. The van der Waals surface area contributed by atoms with E-state index in [1.807, 2.05) is 26.8 Å². The van der Waals surface area contributed by atoms with Crippen LogP contribution >= 0.6 is 0 Å². The molecule has 20 heavy (non-hydrogen) atoms. The van der Waals surface area contributed by atoms with Gasteiger partial charge in [-0.3, -0.25) is 9.59 Å². The van der Waals surface area contributed by atoms with Crippen molar-refractivity contribution in [1.82, 2.24) is 14.9 Å². The maximum atomic E-state index is 12.0. The Labute approximate surface area is 117 Å². The van der Waals surface area contributed by atoms with E-state index in [4.69, 9.17) is 0 Å². The summed E-state index contributed by atoms with van der Waals surface area (Å²) in [5.74, 6) is 0.509. The number of nitrogens with zero attached hydrogens (tertiary/aromatic N) is 2. The minimum atomic E-state index is -0.168. The Bertz CT molecular complexity index is 676. The maximum absolute atomic E-state index is 12.0. The van der Waals surface area contributed by atoms with Crippen LogP contribution in [0, 0.1) is 5.92 Å². The first kappa shape index (κ1) is 14.2. The first-order chi connectivity index (χ1) is 9.52. The Morgan fingerprint density at radius 1 is 1.35 bits per heavy atom. The van der Waals surface area contributed by atoms with Crippen LogP contribution in [0.2, 0.25) is 0 Å². The molecule has 2 rings (SSSR count). The van der Waals surface area contributed by atoms with E-state index in [1.54, 1.807) is 23.1 Å². The van der Waals surface area contributed by atoms with Crippen LogP contribution in [-0.4, -0.2) is 27.3 Å². The molecule has 106 valence electrons. The van der Waals surface area contributed by atoms with E-state index >= 15 is 0 Å². The van der Waals surface area contributed by atoms with Gasteiger partial charge in [-0.15, -0.1) is 0 Å². The third-order valence-electron chi connectivity index (χ3n) is 3.19. The summed E-state index contributed by atoms with van der Waals surface area (Å²) in [6.07, 6.45) is 0. The molecule has 0 fully saturated rings. The fourth-order valence-electron chi connectivity index (χ4n) is 2.10. The lowest BCUT2D eigenvalue weighted by Gasteiger charge is -2.22. The molecule has 5 heteroatoms. The zero-order valence-corrected chi connectivity index (χ0v) is 12.0. The van der Waals surface area contributed by atoms with E-state index < -0.39 is 0 Å². The molecule has 1 amide bonds. The number of amides is 1. The highest BCUT2D eigenvalue weighted by atomic mass is 16.2. The van der Waals surface area contributed by atoms with Gasteiger partial charge in [0.1, 0.15) is 5.82 Å². The van der Waals surface area contributed by atoms with E-state index in [0.717, 1.165) is 0 Å². The molecule has 1 aromatic heterocycles. The number of fused-ring (bicyclic) bond motifs is 1. The van der Waals surface area contributed by atoms with Crippen LogP contribution in [-0.2, 0) is 11.3 Å². The highest BCUT2D eigenvalue weighted by molar-refractivity contribution is 5.78. The number of hydrogen-bond acceptors (Lipinski definition) is 3. The number of aromatic nitrogens is 2. The fourth-order valence-corrected chi connectivity index (χ4v) is 2.10. The predicted octanol–water partition coefficient (Wildman–Crippen LogP) is 1.93. The first-order valence-corrected chi connectivity index (χ1v) is 6.79. The second-order valence-electron chi connectivity index (χ2n) is 5.04. The third kappa shape index (κ3) is 2.87. The minimum Gasteiger partial charge on any atom is -0.335 e. The molecule has 0 aliphatic rings. The van der Waals surface area contributed by atoms with Gasteiger partial charge in [-0.1, -0.05) is 26.0 Å². The SMILES string of the molecule is CCN(Cc1nc2ccccc2c(=O)[nH]1)C(=O)C(C)C. The van der Waals surface area contributed by atoms with Crippen molar-refractivity contribution in [3.63, 3.8) is 0 Å². The number of H-pyrrole nitrogens is 1. The molecule has 1 aromatic carbocycles. The maximum Gasteiger partial charge on any atom is 0.258 e. The molecule has 0 unspecified atom stereocenters. The number of carbonyl (C=O) groups excluding carboxylic acids is 1. The smallest absolute Gasteiger partial charge is 0.258 e. The molecule has 2 aromatic rings. The largest absolute Gasteiger partial charge is 0.335 e. The summed E-state index contributed by atoms with van der Waals surface area (Å²) in [4.78, 5) is 32.9. The van der Waals surface area contributed by atoms with Gasteiger partial charge in [-0.2, -0.15) is 0 Å². The normalized spacial score (nSPS) is 11.0. The number of rotatable bonds is 4. The summed E-state index contributed by atoms with van der Waals surface area (Å²) in [5, 5.41) is 0.564. The van der Waals surface area contributed by atoms with Crippen molar-refractivity contribution in [2.45, 2.75) is 27.3 Å². The molecule has 1 heterocycles. The number of hydrogen-bond donors (Lipinski definition) is 1. The zero-order valence-electron chi connectivity index (χ0n) is 12.0. The van der Waals surface area contributed by atoms with Crippen molar-refractivity contribution in [2.24, 2.45) is 5.92 Å². The lowest BCUT2D eigenvalue weighted by molar-refractivity contribution is -0.134. The highest BCUT2D eigenvalue weighted by Crippen LogP contribution is 2.09. The van der Waals surface area contributed by atoms with E-state index in [2.05, 4.69) is 9.97 Å². The monoisotopic (exact) mass is 273 g/mol. The summed E-state index contributed by atoms with van der Waals surface area (Å²) in [5.41, 5.74) is 0.484. The molecule has 0 bridgehead atoms. The fraction of sp³-hybridized carbons (Fsp3) is 0.400. The van der Waals surface area contributed by atoms with Gasteiger partial charge in [0, 0.05) is 12.5 Å². The van der Waals surface area contributed by atoms with Crippen LogP contribution in [0.4, 0.5) is 0 Å². The van der Waals surface area contributed by atoms with Crippen molar-refractivity contribution < 1.29 is 4.79 Å². The molecule has 5 nitrogen and oxygen atoms in total. The van der Waals surface area contributed by atoms with Crippen LogP contribution in [0.25, 0.3) is 10.9 Å². The molecular weight excluding hydrogens is 254 g/mol. The number of carbonyl (C=O) groups is 1. The number of benzene rings is 1. The Hall–Kier alpha value is -2.17. The summed E-state index contributed by atoms with van der Waals surface area (Å²) in [7, 11) is 0. The average molecular weight is 273 g/mol. The molecule has 0 radical (unpaired) electrons. The topological polar surface area (TPSA) is 66.1 Å². The highest BCUT2D eigenvalue weighted by Gasteiger charge is 2.17. The Kier molecular flexibility index (Phi) is 4.17. The summed E-state index contributed by atoms with van der Waals surface area (Å²) in [6, 6.07) is 7.19. The molecule has 1 N–H and O–H groups in total. The van der Waals surface area contributed by atoms with Crippen LogP contribution in [0.15, 0.2) is 29.1 Å². The van der Waals surface area contributed by atoms with Gasteiger partial charge < -0.3 is 9.88 Å². The lowest BCUT2D eigenvalue weighted by atomic mass is 10.2. The van der Waals surface area contributed by atoms with Gasteiger partial charge in [-0.25, -0.2) is 4.98 Å². The molecule has 0 saturated heterocycles. The van der Waals surface area contributed by atoms with Gasteiger partial charge in [0.05, 0.1) is 17.4 Å². The minimum absolute atomic E-state index is 0.0586. The van der Waals surface area contributed by atoms with E-state index in [9.17, 15) is 9.59 Å². The number of aromatic amines is 1. The van der Waals surface area contributed by atoms with Crippen LogP contribution in [0.1, 0.15) is 26.6 Å². The second kappa shape index (κ2) is 5.86. The Morgan fingerprint density at radius 3 is 2.70 bits per heavy atom.